The van der Waals surface area contributed by atoms with Crippen LogP contribution in [0.5, 0.6) is 0 Å². The number of halogens is 1. The van der Waals surface area contributed by atoms with Gasteiger partial charge in [-0.2, -0.15) is 0 Å². The third kappa shape index (κ3) is 4.53. The van der Waals surface area contributed by atoms with Crippen molar-refractivity contribution in [1.29, 1.82) is 0 Å². The summed E-state index contributed by atoms with van der Waals surface area (Å²) in [7, 11) is 0. The zero-order valence-electron chi connectivity index (χ0n) is 13.4. The van der Waals surface area contributed by atoms with E-state index in [9.17, 15) is 4.79 Å². The Balaban J connectivity index is 0.00000192. The van der Waals surface area contributed by atoms with Crippen molar-refractivity contribution in [2.45, 2.75) is 26.7 Å². The molecule has 0 spiro atoms. The fraction of sp³-hybridized carbons (Fsp3) is 0.412. The number of amides is 1. The van der Waals surface area contributed by atoms with Gasteiger partial charge < -0.3 is 10.6 Å². The molecule has 2 heterocycles. The number of aromatic nitrogens is 1. The van der Waals surface area contributed by atoms with Crippen LogP contribution >= 0.6 is 23.7 Å². The SMILES string of the molecule is Cc1ccc(Cc2sc(NC(=O)C3CCNC3)nc2C)cc1.Cl. The number of anilines is 1. The maximum absolute atomic E-state index is 12.1. The van der Waals surface area contributed by atoms with Crippen LogP contribution in [0.25, 0.3) is 0 Å². The minimum Gasteiger partial charge on any atom is -0.316 e. The summed E-state index contributed by atoms with van der Waals surface area (Å²) in [5.41, 5.74) is 3.54. The van der Waals surface area contributed by atoms with Crippen LogP contribution in [0.2, 0.25) is 0 Å². The number of rotatable bonds is 4. The Morgan fingerprint density at radius 3 is 2.74 bits per heavy atom. The van der Waals surface area contributed by atoms with Crippen LogP contribution in [-0.2, 0) is 11.2 Å². The fourth-order valence-electron chi connectivity index (χ4n) is 2.62. The van der Waals surface area contributed by atoms with Crippen molar-refractivity contribution in [3.63, 3.8) is 0 Å². The molecule has 0 radical (unpaired) electrons. The molecule has 1 amide bonds. The third-order valence-electron chi connectivity index (χ3n) is 4.04. The van der Waals surface area contributed by atoms with Crippen molar-refractivity contribution in [2.24, 2.45) is 5.92 Å². The smallest absolute Gasteiger partial charge is 0.230 e. The molecule has 1 aliphatic rings. The van der Waals surface area contributed by atoms with E-state index in [1.54, 1.807) is 11.3 Å². The number of hydrogen-bond donors (Lipinski definition) is 2. The van der Waals surface area contributed by atoms with Gasteiger partial charge in [0.2, 0.25) is 5.91 Å². The second-order valence-corrected chi connectivity index (χ2v) is 6.95. The first-order chi connectivity index (χ1) is 10.6. The van der Waals surface area contributed by atoms with Gasteiger partial charge in [0.1, 0.15) is 0 Å². The van der Waals surface area contributed by atoms with E-state index in [-0.39, 0.29) is 24.2 Å². The molecule has 23 heavy (non-hydrogen) atoms. The molecule has 1 fully saturated rings. The first kappa shape index (κ1) is 17.9. The highest BCUT2D eigenvalue weighted by molar-refractivity contribution is 7.15. The molecule has 1 saturated heterocycles. The largest absolute Gasteiger partial charge is 0.316 e. The maximum Gasteiger partial charge on any atom is 0.230 e. The normalized spacial score (nSPS) is 16.9. The second kappa shape index (κ2) is 7.90. The van der Waals surface area contributed by atoms with Crippen LogP contribution in [0.1, 0.15) is 28.1 Å². The van der Waals surface area contributed by atoms with Crippen LogP contribution in [-0.4, -0.2) is 24.0 Å². The van der Waals surface area contributed by atoms with E-state index in [0.29, 0.717) is 0 Å². The minimum atomic E-state index is 0. The van der Waals surface area contributed by atoms with Gasteiger partial charge in [0, 0.05) is 17.8 Å². The average molecular weight is 352 g/mol. The van der Waals surface area contributed by atoms with Crippen molar-refractivity contribution in [1.82, 2.24) is 10.3 Å². The summed E-state index contributed by atoms with van der Waals surface area (Å²) in [6.07, 6.45) is 1.77. The van der Waals surface area contributed by atoms with E-state index in [1.165, 1.54) is 16.0 Å². The molecule has 3 rings (SSSR count). The average Bonchev–Trinajstić information content (AvgIpc) is 3.12. The lowest BCUT2D eigenvalue weighted by Crippen LogP contribution is -2.24. The number of carbonyl (C=O) groups excluding carboxylic acids is 1. The Kier molecular flexibility index (Phi) is 6.16. The molecule has 2 aromatic rings. The molecule has 0 bridgehead atoms. The molecule has 2 N–H and O–H groups in total. The molecule has 1 atom stereocenters. The summed E-state index contributed by atoms with van der Waals surface area (Å²) in [5, 5.41) is 6.90. The Morgan fingerprint density at radius 2 is 2.09 bits per heavy atom. The highest BCUT2D eigenvalue weighted by atomic mass is 35.5. The molecule has 0 aliphatic carbocycles. The zero-order chi connectivity index (χ0) is 15.5. The molecule has 124 valence electrons. The molecule has 1 aliphatic heterocycles. The number of thiazole rings is 1. The molecule has 1 aromatic carbocycles. The number of carbonyl (C=O) groups is 1. The van der Waals surface area contributed by atoms with Gasteiger partial charge in [-0.05, 0) is 32.4 Å². The van der Waals surface area contributed by atoms with E-state index in [1.807, 2.05) is 6.92 Å². The van der Waals surface area contributed by atoms with Crippen molar-refractivity contribution in [3.05, 3.63) is 46.0 Å². The zero-order valence-corrected chi connectivity index (χ0v) is 15.0. The monoisotopic (exact) mass is 351 g/mol. The minimum absolute atomic E-state index is 0. The van der Waals surface area contributed by atoms with Crippen LogP contribution in [0.3, 0.4) is 0 Å². The van der Waals surface area contributed by atoms with Gasteiger partial charge in [0.15, 0.2) is 5.13 Å². The van der Waals surface area contributed by atoms with Gasteiger partial charge in [-0.15, -0.1) is 23.7 Å². The quantitative estimate of drug-likeness (QED) is 0.888. The maximum atomic E-state index is 12.1. The van der Waals surface area contributed by atoms with E-state index in [2.05, 4.69) is 46.8 Å². The fourth-order valence-corrected chi connectivity index (χ4v) is 3.62. The van der Waals surface area contributed by atoms with Crippen molar-refractivity contribution in [2.75, 3.05) is 18.4 Å². The number of aryl methyl sites for hydroxylation is 2. The number of benzene rings is 1. The van der Waals surface area contributed by atoms with E-state index < -0.39 is 0 Å². The van der Waals surface area contributed by atoms with Crippen molar-refractivity contribution in [3.8, 4) is 0 Å². The Bertz CT molecular complexity index is 663. The number of nitrogens with one attached hydrogen (secondary N) is 2. The summed E-state index contributed by atoms with van der Waals surface area (Å²) >= 11 is 1.58. The Hall–Kier alpha value is -1.43. The van der Waals surface area contributed by atoms with Crippen LogP contribution in [0.4, 0.5) is 5.13 Å². The standard InChI is InChI=1S/C17H21N3OS.ClH/c1-11-3-5-13(6-4-11)9-15-12(2)19-17(22-15)20-16(21)14-7-8-18-10-14;/h3-6,14,18H,7-10H2,1-2H3,(H,19,20,21);1H. The topological polar surface area (TPSA) is 54.0 Å². The van der Waals surface area contributed by atoms with Crippen molar-refractivity contribution < 1.29 is 4.79 Å². The first-order valence-corrected chi connectivity index (χ1v) is 8.47. The van der Waals surface area contributed by atoms with Crippen LogP contribution in [0.15, 0.2) is 24.3 Å². The number of nitrogens with zero attached hydrogens (tertiary/aromatic N) is 1. The summed E-state index contributed by atoms with van der Waals surface area (Å²) < 4.78 is 0. The van der Waals surface area contributed by atoms with Crippen LogP contribution in [0, 0.1) is 19.8 Å². The van der Waals surface area contributed by atoms with Gasteiger partial charge in [0.05, 0.1) is 11.6 Å². The van der Waals surface area contributed by atoms with Gasteiger partial charge in [0.25, 0.3) is 0 Å². The summed E-state index contributed by atoms with van der Waals surface area (Å²) in [6, 6.07) is 8.55. The van der Waals surface area contributed by atoms with E-state index >= 15 is 0 Å². The van der Waals surface area contributed by atoms with E-state index in [4.69, 9.17) is 0 Å². The summed E-state index contributed by atoms with van der Waals surface area (Å²) in [6.45, 7) is 5.79. The predicted molar refractivity (Wildman–Crippen MR) is 97.7 cm³/mol. The summed E-state index contributed by atoms with van der Waals surface area (Å²) in [5.74, 6) is 0.158. The number of hydrogen-bond acceptors (Lipinski definition) is 4. The molecular formula is C17H22ClN3OS. The van der Waals surface area contributed by atoms with Gasteiger partial charge >= 0.3 is 0 Å². The highest BCUT2D eigenvalue weighted by Gasteiger charge is 2.23. The molecule has 4 nitrogen and oxygen atoms in total. The third-order valence-corrected chi connectivity index (χ3v) is 5.11. The lowest BCUT2D eigenvalue weighted by atomic mass is 10.1. The molecule has 1 unspecified atom stereocenters. The Labute approximate surface area is 147 Å². The molecule has 6 heteroatoms. The van der Waals surface area contributed by atoms with Crippen molar-refractivity contribution >= 4 is 34.8 Å². The molecule has 0 saturated carbocycles. The molecular weight excluding hydrogens is 330 g/mol. The first-order valence-electron chi connectivity index (χ1n) is 7.65. The van der Waals surface area contributed by atoms with Crippen LogP contribution < -0.4 is 10.6 Å². The van der Waals surface area contributed by atoms with Gasteiger partial charge in [-0.1, -0.05) is 29.8 Å². The Morgan fingerprint density at radius 1 is 1.35 bits per heavy atom. The summed E-state index contributed by atoms with van der Waals surface area (Å²) in [4.78, 5) is 17.9. The predicted octanol–water partition coefficient (Wildman–Crippen LogP) is 3.32. The second-order valence-electron chi connectivity index (χ2n) is 5.87. The lowest BCUT2D eigenvalue weighted by molar-refractivity contribution is -0.119. The van der Waals surface area contributed by atoms with Gasteiger partial charge in [-0.3, -0.25) is 4.79 Å². The van der Waals surface area contributed by atoms with Gasteiger partial charge in [-0.25, -0.2) is 4.98 Å². The highest BCUT2D eigenvalue weighted by Crippen LogP contribution is 2.26. The van der Waals surface area contributed by atoms with E-state index in [0.717, 1.165) is 36.8 Å². The lowest BCUT2D eigenvalue weighted by Gasteiger charge is -2.06. The molecule has 1 aromatic heterocycles.